The van der Waals surface area contributed by atoms with Crippen LogP contribution < -0.4 is 5.32 Å². The van der Waals surface area contributed by atoms with Gasteiger partial charge in [-0.25, -0.2) is 4.79 Å². The molecule has 0 radical (unpaired) electrons. The summed E-state index contributed by atoms with van der Waals surface area (Å²) < 4.78 is 0. The van der Waals surface area contributed by atoms with E-state index in [0.29, 0.717) is 0 Å². The predicted molar refractivity (Wildman–Crippen MR) is 46.8 cm³/mol. The van der Waals surface area contributed by atoms with E-state index in [-0.39, 0.29) is 11.0 Å². The Morgan fingerprint density at radius 1 is 1.62 bits per heavy atom. The van der Waals surface area contributed by atoms with E-state index in [1.165, 1.54) is 0 Å². The molecule has 1 unspecified atom stereocenters. The molecule has 2 rings (SSSR count). The molecule has 0 amide bonds. The molecule has 13 heavy (non-hydrogen) atoms. The summed E-state index contributed by atoms with van der Waals surface area (Å²) in [6.45, 7) is 0.979. The summed E-state index contributed by atoms with van der Waals surface area (Å²) in [4.78, 5) is 10.5. The first-order valence-corrected chi connectivity index (χ1v) is 4.89. The number of carbonyl (C=O) groups is 1. The lowest BCUT2D eigenvalue weighted by Crippen LogP contribution is -2.12. The molecule has 1 aromatic heterocycles. The number of nitrogens with one attached hydrogen (secondary N) is 1. The summed E-state index contributed by atoms with van der Waals surface area (Å²) in [5.74, 6) is -0.998. The van der Waals surface area contributed by atoms with Crippen molar-refractivity contribution in [2.75, 3.05) is 6.54 Å². The number of carboxylic acids is 1. The van der Waals surface area contributed by atoms with Crippen LogP contribution in [-0.4, -0.2) is 27.8 Å². The molecule has 6 heteroatoms. The number of aromatic carboxylic acids is 1. The molecule has 70 valence electrons. The maximum Gasteiger partial charge on any atom is 0.367 e. The monoisotopic (exact) mass is 199 g/mol. The Balaban J connectivity index is 2.16. The highest BCUT2D eigenvalue weighted by atomic mass is 32.1. The highest BCUT2D eigenvalue weighted by Crippen LogP contribution is 2.25. The molecule has 1 fully saturated rings. The van der Waals surface area contributed by atoms with Crippen LogP contribution in [0.25, 0.3) is 0 Å². The van der Waals surface area contributed by atoms with Crippen molar-refractivity contribution in [2.45, 2.75) is 18.9 Å². The molecule has 2 N–H and O–H groups in total. The van der Waals surface area contributed by atoms with Crippen molar-refractivity contribution in [1.82, 2.24) is 15.5 Å². The first-order valence-electron chi connectivity index (χ1n) is 4.07. The van der Waals surface area contributed by atoms with Crippen LogP contribution in [0.3, 0.4) is 0 Å². The summed E-state index contributed by atoms with van der Waals surface area (Å²) in [6.07, 6.45) is 2.14. The SMILES string of the molecule is O=C(O)c1nnc(C2CCCN2)s1. The molecule has 2 heterocycles. The van der Waals surface area contributed by atoms with Gasteiger partial charge in [0.05, 0.1) is 6.04 Å². The van der Waals surface area contributed by atoms with Gasteiger partial charge in [0.2, 0.25) is 5.01 Å². The van der Waals surface area contributed by atoms with Crippen molar-refractivity contribution in [2.24, 2.45) is 0 Å². The van der Waals surface area contributed by atoms with Crippen LogP contribution >= 0.6 is 11.3 Å². The van der Waals surface area contributed by atoms with E-state index in [4.69, 9.17) is 5.11 Å². The normalized spacial score (nSPS) is 22.0. The van der Waals surface area contributed by atoms with Crippen molar-refractivity contribution < 1.29 is 9.90 Å². The molecule has 1 atom stereocenters. The van der Waals surface area contributed by atoms with Crippen molar-refractivity contribution in [3.8, 4) is 0 Å². The van der Waals surface area contributed by atoms with Gasteiger partial charge >= 0.3 is 5.97 Å². The third-order valence-corrected chi connectivity index (χ3v) is 3.01. The molecular formula is C7H9N3O2S. The zero-order valence-corrected chi connectivity index (χ0v) is 7.67. The van der Waals surface area contributed by atoms with Gasteiger partial charge in [-0.3, -0.25) is 0 Å². The number of nitrogens with zero attached hydrogens (tertiary/aromatic N) is 2. The average Bonchev–Trinajstić information content (AvgIpc) is 2.75. The van der Waals surface area contributed by atoms with Gasteiger partial charge < -0.3 is 10.4 Å². The maximum atomic E-state index is 10.5. The standard InChI is InChI=1S/C7H9N3O2S/c11-7(12)6-10-9-5(13-6)4-2-1-3-8-4/h4,8H,1-3H2,(H,11,12). The van der Waals surface area contributed by atoms with E-state index in [0.717, 1.165) is 35.7 Å². The van der Waals surface area contributed by atoms with E-state index in [2.05, 4.69) is 15.5 Å². The Labute approximate surface area is 78.8 Å². The number of hydrogen-bond donors (Lipinski definition) is 2. The molecule has 0 saturated carbocycles. The molecule has 1 saturated heterocycles. The average molecular weight is 199 g/mol. The minimum atomic E-state index is -0.998. The summed E-state index contributed by atoms with van der Waals surface area (Å²) in [7, 11) is 0. The van der Waals surface area contributed by atoms with Gasteiger partial charge in [0.25, 0.3) is 0 Å². The Kier molecular flexibility index (Phi) is 2.24. The van der Waals surface area contributed by atoms with E-state index in [9.17, 15) is 4.79 Å². The molecule has 1 aliphatic heterocycles. The Morgan fingerprint density at radius 2 is 2.46 bits per heavy atom. The fraction of sp³-hybridized carbons (Fsp3) is 0.571. The van der Waals surface area contributed by atoms with Crippen LogP contribution in [0.2, 0.25) is 0 Å². The zero-order valence-electron chi connectivity index (χ0n) is 6.86. The lowest BCUT2D eigenvalue weighted by Gasteiger charge is -2.02. The van der Waals surface area contributed by atoms with Crippen LogP contribution in [0.15, 0.2) is 0 Å². The van der Waals surface area contributed by atoms with Gasteiger partial charge in [0.1, 0.15) is 5.01 Å². The summed E-state index contributed by atoms with van der Waals surface area (Å²) in [5.41, 5.74) is 0. The van der Waals surface area contributed by atoms with Crippen LogP contribution in [0.1, 0.15) is 33.7 Å². The van der Waals surface area contributed by atoms with Gasteiger partial charge in [0.15, 0.2) is 0 Å². The quantitative estimate of drug-likeness (QED) is 0.731. The molecule has 0 aliphatic carbocycles. The van der Waals surface area contributed by atoms with Crippen molar-refractivity contribution in [3.63, 3.8) is 0 Å². The molecule has 1 aromatic rings. The van der Waals surface area contributed by atoms with E-state index in [1.54, 1.807) is 0 Å². The van der Waals surface area contributed by atoms with Crippen molar-refractivity contribution in [1.29, 1.82) is 0 Å². The molecule has 1 aliphatic rings. The van der Waals surface area contributed by atoms with Crippen molar-refractivity contribution in [3.05, 3.63) is 10.0 Å². The number of aromatic nitrogens is 2. The number of rotatable bonds is 2. The second-order valence-corrected chi connectivity index (χ2v) is 3.91. The van der Waals surface area contributed by atoms with Gasteiger partial charge in [0, 0.05) is 0 Å². The first kappa shape index (κ1) is 8.58. The third kappa shape index (κ3) is 1.68. The topological polar surface area (TPSA) is 75.1 Å². The van der Waals surface area contributed by atoms with E-state index >= 15 is 0 Å². The van der Waals surface area contributed by atoms with Crippen LogP contribution in [0, 0.1) is 0 Å². The Morgan fingerprint density at radius 3 is 3.00 bits per heavy atom. The Bertz CT molecular complexity index is 319. The highest BCUT2D eigenvalue weighted by molar-refractivity contribution is 7.13. The lowest BCUT2D eigenvalue weighted by molar-refractivity contribution is 0.0695. The summed E-state index contributed by atoms with van der Waals surface area (Å²) in [5, 5.41) is 20.2. The number of carboxylic acid groups (broad SMARTS) is 1. The van der Waals surface area contributed by atoms with Crippen molar-refractivity contribution >= 4 is 17.3 Å². The minimum Gasteiger partial charge on any atom is -0.476 e. The van der Waals surface area contributed by atoms with Crippen LogP contribution in [-0.2, 0) is 0 Å². The predicted octanol–water partition coefficient (Wildman–Crippen LogP) is 0.661. The summed E-state index contributed by atoms with van der Waals surface area (Å²) in [6, 6.07) is 0.214. The van der Waals surface area contributed by atoms with Crippen LogP contribution in [0.4, 0.5) is 0 Å². The lowest BCUT2D eigenvalue weighted by atomic mass is 10.2. The number of hydrogen-bond acceptors (Lipinski definition) is 5. The first-order chi connectivity index (χ1) is 6.27. The summed E-state index contributed by atoms with van der Waals surface area (Å²) >= 11 is 1.15. The van der Waals surface area contributed by atoms with Gasteiger partial charge in [-0.1, -0.05) is 11.3 Å². The van der Waals surface area contributed by atoms with Gasteiger partial charge in [-0.2, -0.15) is 0 Å². The largest absolute Gasteiger partial charge is 0.476 e. The van der Waals surface area contributed by atoms with E-state index < -0.39 is 5.97 Å². The second kappa shape index (κ2) is 3.39. The Hall–Kier alpha value is -1.01. The molecular weight excluding hydrogens is 190 g/mol. The molecule has 0 spiro atoms. The molecule has 0 aromatic carbocycles. The minimum absolute atomic E-state index is 0.0729. The third-order valence-electron chi connectivity index (χ3n) is 1.98. The second-order valence-electron chi connectivity index (χ2n) is 2.90. The molecule has 0 bridgehead atoms. The fourth-order valence-corrected chi connectivity index (χ4v) is 2.15. The van der Waals surface area contributed by atoms with Gasteiger partial charge in [-0.05, 0) is 19.4 Å². The van der Waals surface area contributed by atoms with Crippen LogP contribution in [0.5, 0.6) is 0 Å². The maximum absolute atomic E-state index is 10.5. The molecule has 5 nitrogen and oxygen atoms in total. The fourth-order valence-electron chi connectivity index (χ4n) is 1.36. The highest BCUT2D eigenvalue weighted by Gasteiger charge is 2.21. The van der Waals surface area contributed by atoms with E-state index in [1.807, 2.05) is 0 Å². The smallest absolute Gasteiger partial charge is 0.367 e. The van der Waals surface area contributed by atoms with Gasteiger partial charge in [-0.15, -0.1) is 10.2 Å². The zero-order chi connectivity index (χ0) is 9.26.